The second-order valence-corrected chi connectivity index (χ2v) is 5.30. The highest BCUT2D eigenvalue weighted by Gasteiger charge is 2.31. The Bertz CT molecular complexity index is 281. The van der Waals surface area contributed by atoms with Crippen molar-refractivity contribution < 1.29 is 9.59 Å². The lowest BCUT2D eigenvalue weighted by Gasteiger charge is -2.22. The summed E-state index contributed by atoms with van der Waals surface area (Å²) in [5, 5.41) is 0. The summed E-state index contributed by atoms with van der Waals surface area (Å²) in [7, 11) is 0.746. The van der Waals surface area contributed by atoms with Gasteiger partial charge in [-0.05, 0) is 25.2 Å². The normalized spacial score (nSPS) is 20.5. The molecule has 1 heterocycles. The molecular formula is C11H19N2O2P. The Balaban J connectivity index is 2.35. The molecule has 16 heavy (non-hydrogen) atoms. The number of nitrogens with two attached hydrogens (primary N) is 1. The van der Waals surface area contributed by atoms with Crippen LogP contribution in [0.3, 0.4) is 0 Å². The van der Waals surface area contributed by atoms with Gasteiger partial charge >= 0.3 is 0 Å². The van der Waals surface area contributed by atoms with E-state index in [4.69, 9.17) is 5.73 Å². The molecule has 0 saturated carbocycles. The van der Waals surface area contributed by atoms with Gasteiger partial charge in [0.05, 0.1) is 0 Å². The number of primary amides is 1. The second-order valence-electron chi connectivity index (χ2n) is 3.89. The number of rotatable bonds is 6. The van der Waals surface area contributed by atoms with Gasteiger partial charge in [0.15, 0.2) is 0 Å². The van der Waals surface area contributed by atoms with Crippen LogP contribution in [0, 0.1) is 0 Å². The highest BCUT2D eigenvalue weighted by atomic mass is 31.1. The Morgan fingerprint density at radius 3 is 2.94 bits per heavy atom. The Kier molecular flexibility index (Phi) is 5.47. The second kappa shape index (κ2) is 6.64. The molecule has 2 N–H and O–H groups in total. The Morgan fingerprint density at radius 2 is 2.31 bits per heavy atom. The number of amides is 2. The number of carbonyl (C=O) groups is 2. The van der Waals surface area contributed by atoms with Crippen molar-refractivity contribution in [2.24, 2.45) is 5.73 Å². The van der Waals surface area contributed by atoms with E-state index in [1.807, 2.05) is 6.08 Å². The van der Waals surface area contributed by atoms with Crippen LogP contribution in [0.15, 0.2) is 12.7 Å². The van der Waals surface area contributed by atoms with E-state index in [-0.39, 0.29) is 17.9 Å². The van der Waals surface area contributed by atoms with Crippen LogP contribution in [0.2, 0.25) is 0 Å². The average Bonchev–Trinajstić information content (AvgIpc) is 2.73. The summed E-state index contributed by atoms with van der Waals surface area (Å²) in [6.07, 6.45) is 5.84. The van der Waals surface area contributed by atoms with E-state index >= 15 is 0 Å². The van der Waals surface area contributed by atoms with Crippen molar-refractivity contribution in [3.05, 3.63) is 12.7 Å². The molecule has 0 aromatic rings. The van der Waals surface area contributed by atoms with Gasteiger partial charge < -0.3 is 10.6 Å². The molecule has 0 aromatic heterocycles. The molecule has 1 aliphatic rings. The summed E-state index contributed by atoms with van der Waals surface area (Å²) in [4.78, 5) is 24.6. The van der Waals surface area contributed by atoms with E-state index in [2.05, 4.69) is 6.58 Å². The van der Waals surface area contributed by atoms with Crippen LogP contribution in [-0.4, -0.2) is 41.6 Å². The van der Waals surface area contributed by atoms with Crippen LogP contribution in [-0.2, 0) is 9.59 Å². The van der Waals surface area contributed by atoms with E-state index in [0.717, 1.165) is 33.7 Å². The number of nitrogens with zero attached hydrogens (tertiary/aromatic N) is 1. The third-order valence-electron chi connectivity index (χ3n) is 2.71. The van der Waals surface area contributed by atoms with Crippen molar-refractivity contribution in [1.82, 2.24) is 4.90 Å². The fraction of sp³-hybridized carbons (Fsp3) is 0.636. The molecule has 1 rings (SSSR count). The van der Waals surface area contributed by atoms with Gasteiger partial charge in [-0.1, -0.05) is 6.08 Å². The lowest BCUT2D eigenvalue weighted by Crippen LogP contribution is -2.43. The predicted molar refractivity (Wildman–Crippen MR) is 66.8 cm³/mol. The molecule has 4 nitrogen and oxygen atoms in total. The van der Waals surface area contributed by atoms with Crippen LogP contribution in [0.25, 0.3) is 0 Å². The molecule has 1 aliphatic heterocycles. The molecule has 1 fully saturated rings. The third kappa shape index (κ3) is 3.60. The minimum absolute atomic E-state index is 0.0675. The van der Waals surface area contributed by atoms with Crippen LogP contribution >= 0.6 is 8.58 Å². The van der Waals surface area contributed by atoms with Crippen LogP contribution in [0.1, 0.15) is 19.3 Å². The number of carbonyl (C=O) groups excluding carboxylic acids is 2. The summed E-state index contributed by atoms with van der Waals surface area (Å²) in [5.74, 6) is -0.308. The molecule has 0 bridgehead atoms. The first-order chi connectivity index (χ1) is 7.66. The lowest BCUT2D eigenvalue weighted by atomic mass is 10.2. The molecule has 0 radical (unpaired) electrons. The van der Waals surface area contributed by atoms with Crippen molar-refractivity contribution >= 4 is 20.4 Å². The maximum Gasteiger partial charge on any atom is 0.240 e. The van der Waals surface area contributed by atoms with E-state index in [9.17, 15) is 9.59 Å². The topological polar surface area (TPSA) is 63.4 Å². The fourth-order valence-electron chi connectivity index (χ4n) is 1.90. The molecule has 2 atom stereocenters. The van der Waals surface area contributed by atoms with E-state index in [1.54, 1.807) is 4.90 Å². The number of hydrogen-bond donors (Lipinski definition) is 1. The van der Waals surface area contributed by atoms with Gasteiger partial charge in [0.1, 0.15) is 6.04 Å². The zero-order chi connectivity index (χ0) is 12.0. The summed E-state index contributed by atoms with van der Waals surface area (Å²) < 4.78 is 0. The van der Waals surface area contributed by atoms with Gasteiger partial charge in [0.2, 0.25) is 11.8 Å². The van der Waals surface area contributed by atoms with Crippen molar-refractivity contribution in [3.8, 4) is 0 Å². The van der Waals surface area contributed by atoms with Crippen LogP contribution < -0.4 is 5.73 Å². The zero-order valence-electron chi connectivity index (χ0n) is 9.45. The first kappa shape index (κ1) is 13.2. The predicted octanol–water partition coefficient (Wildman–Crippen LogP) is 0.717. The Hall–Kier alpha value is -0.890. The first-order valence-electron chi connectivity index (χ1n) is 5.57. The van der Waals surface area contributed by atoms with Gasteiger partial charge in [0, 0.05) is 13.0 Å². The summed E-state index contributed by atoms with van der Waals surface area (Å²) in [5.41, 5.74) is 5.26. The smallest absolute Gasteiger partial charge is 0.240 e. The van der Waals surface area contributed by atoms with Gasteiger partial charge in [-0.3, -0.25) is 9.59 Å². The van der Waals surface area contributed by atoms with E-state index in [0.29, 0.717) is 13.0 Å². The highest BCUT2D eigenvalue weighted by molar-refractivity contribution is 7.38. The van der Waals surface area contributed by atoms with Crippen molar-refractivity contribution in [2.75, 3.05) is 18.9 Å². The minimum Gasteiger partial charge on any atom is -0.368 e. The van der Waals surface area contributed by atoms with Crippen LogP contribution in [0.4, 0.5) is 0 Å². The largest absolute Gasteiger partial charge is 0.368 e. The van der Waals surface area contributed by atoms with E-state index < -0.39 is 0 Å². The molecular weight excluding hydrogens is 223 g/mol. The maximum absolute atomic E-state index is 11.8. The molecule has 90 valence electrons. The Labute approximate surface area is 98.0 Å². The maximum atomic E-state index is 11.8. The molecule has 0 aromatic carbocycles. The zero-order valence-corrected chi connectivity index (χ0v) is 10.4. The standard InChI is InChI=1S/C11H19N2O2P/c1-2-7-16-8-5-10(14)13-6-3-4-9(13)11(12)15/h2,9,16H,1,3-8H2,(H2,12,15)/t9-/m0/s1. The lowest BCUT2D eigenvalue weighted by molar-refractivity contribution is -0.136. The first-order valence-corrected chi connectivity index (χ1v) is 6.98. The Morgan fingerprint density at radius 1 is 1.56 bits per heavy atom. The highest BCUT2D eigenvalue weighted by Crippen LogP contribution is 2.19. The third-order valence-corrected chi connectivity index (χ3v) is 3.89. The molecule has 1 saturated heterocycles. The van der Waals surface area contributed by atoms with E-state index in [1.165, 1.54) is 0 Å². The van der Waals surface area contributed by atoms with Crippen molar-refractivity contribution in [2.45, 2.75) is 25.3 Å². The van der Waals surface area contributed by atoms with Gasteiger partial charge in [-0.15, -0.1) is 15.2 Å². The molecule has 2 amide bonds. The van der Waals surface area contributed by atoms with Gasteiger partial charge in [-0.2, -0.15) is 0 Å². The molecule has 0 aliphatic carbocycles. The van der Waals surface area contributed by atoms with Crippen molar-refractivity contribution in [1.29, 1.82) is 0 Å². The van der Waals surface area contributed by atoms with Gasteiger partial charge in [-0.25, -0.2) is 0 Å². The summed E-state index contributed by atoms with van der Waals surface area (Å²) >= 11 is 0. The summed E-state index contributed by atoms with van der Waals surface area (Å²) in [6, 6.07) is -0.366. The quantitative estimate of drug-likeness (QED) is 0.423. The monoisotopic (exact) mass is 242 g/mol. The molecule has 1 unspecified atom stereocenters. The van der Waals surface area contributed by atoms with Gasteiger partial charge in [0.25, 0.3) is 0 Å². The number of allylic oxidation sites excluding steroid dienone is 1. The van der Waals surface area contributed by atoms with Crippen molar-refractivity contribution in [3.63, 3.8) is 0 Å². The average molecular weight is 242 g/mol. The number of hydrogen-bond acceptors (Lipinski definition) is 2. The molecule has 5 heteroatoms. The minimum atomic E-state index is -0.376. The molecule has 0 spiro atoms. The number of likely N-dealkylation sites (tertiary alicyclic amines) is 1. The fourth-order valence-corrected chi connectivity index (χ4v) is 2.70. The van der Waals surface area contributed by atoms with Crippen LogP contribution in [0.5, 0.6) is 0 Å². The summed E-state index contributed by atoms with van der Waals surface area (Å²) in [6.45, 7) is 4.32. The SMILES string of the molecule is C=CCPCCC(=O)N1CCC[C@H]1C(N)=O.